The molecule has 0 aromatic carbocycles. The third-order valence-corrected chi connectivity index (χ3v) is 4.10. The largest absolute Gasteiger partial charge is 0.366 e. The minimum Gasteiger partial charge on any atom is -0.366 e. The van der Waals surface area contributed by atoms with E-state index < -0.39 is 0 Å². The number of rotatable bonds is 3. The molecule has 1 aromatic heterocycles. The van der Waals surface area contributed by atoms with Crippen molar-refractivity contribution in [2.45, 2.75) is 72.0 Å². The maximum atomic E-state index is 4.49. The van der Waals surface area contributed by atoms with Gasteiger partial charge < -0.3 is 10.2 Å². The van der Waals surface area contributed by atoms with Crippen LogP contribution in [0.25, 0.3) is 0 Å². The lowest BCUT2D eigenvalue weighted by Gasteiger charge is -2.35. The van der Waals surface area contributed by atoms with Crippen LogP contribution in [0.1, 0.15) is 58.7 Å². The predicted octanol–water partition coefficient (Wildman–Crippen LogP) is 3.66. The summed E-state index contributed by atoms with van der Waals surface area (Å²) in [5.41, 5.74) is 4.15. The molecular formula is C17H29N3. The van der Waals surface area contributed by atoms with Crippen molar-refractivity contribution in [2.75, 3.05) is 11.4 Å². The standard InChI is InChI=1S/C17H29N3/c1-13-10-15(20-9-7-8-17(20,5)6)14(11-18-13)12-19-16(2,3)4/h10-11,19H,7-9,12H2,1-6H3. The van der Waals surface area contributed by atoms with Crippen LogP contribution in [0.5, 0.6) is 0 Å². The van der Waals surface area contributed by atoms with Crippen molar-refractivity contribution < 1.29 is 0 Å². The number of nitrogens with zero attached hydrogens (tertiary/aromatic N) is 2. The first kappa shape index (κ1) is 15.3. The third-order valence-electron chi connectivity index (χ3n) is 4.10. The molecule has 1 aliphatic rings. The summed E-state index contributed by atoms with van der Waals surface area (Å²) >= 11 is 0. The summed E-state index contributed by atoms with van der Waals surface area (Å²) < 4.78 is 0. The van der Waals surface area contributed by atoms with Gasteiger partial charge >= 0.3 is 0 Å². The zero-order valence-corrected chi connectivity index (χ0v) is 13.9. The summed E-state index contributed by atoms with van der Waals surface area (Å²) in [4.78, 5) is 7.05. The Hall–Kier alpha value is -1.09. The molecule has 0 amide bonds. The third kappa shape index (κ3) is 3.51. The van der Waals surface area contributed by atoms with E-state index in [2.05, 4.69) is 62.8 Å². The molecule has 1 aromatic rings. The highest BCUT2D eigenvalue weighted by Crippen LogP contribution is 2.35. The lowest BCUT2D eigenvalue weighted by molar-refractivity contribution is 0.423. The predicted molar refractivity (Wildman–Crippen MR) is 86.2 cm³/mol. The quantitative estimate of drug-likeness (QED) is 0.912. The minimum absolute atomic E-state index is 0.128. The van der Waals surface area contributed by atoms with Gasteiger partial charge in [0.05, 0.1) is 0 Å². The number of aromatic nitrogens is 1. The van der Waals surface area contributed by atoms with Crippen LogP contribution in [0.3, 0.4) is 0 Å². The van der Waals surface area contributed by atoms with E-state index in [1.807, 2.05) is 6.20 Å². The first-order valence-corrected chi connectivity index (χ1v) is 7.67. The molecule has 0 aliphatic carbocycles. The summed E-state index contributed by atoms with van der Waals surface area (Å²) in [6.45, 7) is 15.4. The summed E-state index contributed by atoms with van der Waals surface area (Å²) in [6, 6.07) is 2.24. The zero-order chi connectivity index (χ0) is 15.0. The first-order chi connectivity index (χ1) is 9.19. The normalized spacial score (nSPS) is 18.6. The van der Waals surface area contributed by atoms with Gasteiger partial charge in [-0.05, 0) is 60.5 Å². The van der Waals surface area contributed by atoms with Gasteiger partial charge in [0.25, 0.3) is 0 Å². The van der Waals surface area contributed by atoms with Gasteiger partial charge in [-0.3, -0.25) is 4.98 Å². The van der Waals surface area contributed by atoms with Gasteiger partial charge in [-0.15, -0.1) is 0 Å². The number of pyridine rings is 1. The van der Waals surface area contributed by atoms with Crippen molar-refractivity contribution in [3.8, 4) is 0 Å². The maximum absolute atomic E-state index is 4.49. The Morgan fingerprint density at radius 1 is 1.35 bits per heavy atom. The minimum atomic E-state index is 0.128. The van der Waals surface area contributed by atoms with Crippen molar-refractivity contribution in [2.24, 2.45) is 0 Å². The van der Waals surface area contributed by atoms with Crippen molar-refractivity contribution >= 4 is 5.69 Å². The van der Waals surface area contributed by atoms with Gasteiger partial charge in [-0.1, -0.05) is 0 Å². The topological polar surface area (TPSA) is 28.2 Å². The molecule has 20 heavy (non-hydrogen) atoms. The molecule has 1 fully saturated rings. The van der Waals surface area contributed by atoms with E-state index in [0.717, 1.165) is 18.8 Å². The van der Waals surface area contributed by atoms with Gasteiger partial charge in [-0.2, -0.15) is 0 Å². The van der Waals surface area contributed by atoms with Crippen LogP contribution < -0.4 is 10.2 Å². The van der Waals surface area contributed by atoms with E-state index in [1.165, 1.54) is 24.1 Å². The van der Waals surface area contributed by atoms with E-state index in [-0.39, 0.29) is 11.1 Å². The molecule has 3 heteroatoms. The number of nitrogens with one attached hydrogen (secondary N) is 1. The van der Waals surface area contributed by atoms with Crippen molar-refractivity contribution in [1.82, 2.24) is 10.3 Å². The van der Waals surface area contributed by atoms with Crippen LogP contribution in [0.2, 0.25) is 0 Å². The first-order valence-electron chi connectivity index (χ1n) is 7.67. The smallest absolute Gasteiger partial charge is 0.0450 e. The molecule has 112 valence electrons. The number of aryl methyl sites for hydroxylation is 1. The molecule has 0 saturated carbocycles. The molecule has 2 heterocycles. The highest BCUT2D eigenvalue weighted by molar-refractivity contribution is 5.56. The van der Waals surface area contributed by atoms with Gasteiger partial charge in [0.15, 0.2) is 0 Å². The Bertz CT molecular complexity index is 472. The fourth-order valence-corrected chi connectivity index (χ4v) is 2.88. The molecule has 0 unspecified atom stereocenters. The molecule has 1 aliphatic heterocycles. The number of anilines is 1. The van der Waals surface area contributed by atoms with E-state index >= 15 is 0 Å². The van der Waals surface area contributed by atoms with Gasteiger partial charge in [0, 0.05) is 47.3 Å². The van der Waals surface area contributed by atoms with Crippen molar-refractivity contribution in [3.05, 3.63) is 23.5 Å². The second kappa shape index (κ2) is 5.36. The molecule has 0 spiro atoms. The van der Waals surface area contributed by atoms with Gasteiger partial charge in [-0.25, -0.2) is 0 Å². The number of hydrogen-bond acceptors (Lipinski definition) is 3. The fraction of sp³-hybridized carbons (Fsp3) is 0.706. The van der Waals surface area contributed by atoms with Crippen LogP contribution >= 0.6 is 0 Å². The SMILES string of the molecule is Cc1cc(N2CCCC2(C)C)c(CNC(C)(C)C)cn1. The Kier molecular flexibility index (Phi) is 4.10. The number of hydrogen-bond donors (Lipinski definition) is 1. The summed E-state index contributed by atoms with van der Waals surface area (Å²) in [6.07, 6.45) is 4.58. The van der Waals surface area contributed by atoms with Gasteiger partial charge in [0.1, 0.15) is 0 Å². The lowest BCUT2D eigenvalue weighted by Crippen LogP contribution is -2.40. The Labute approximate surface area is 123 Å². The van der Waals surface area contributed by atoms with Crippen molar-refractivity contribution in [1.29, 1.82) is 0 Å². The second-order valence-corrected chi connectivity index (χ2v) is 7.63. The molecule has 2 rings (SSSR count). The van der Waals surface area contributed by atoms with E-state index in [4.69, 9.17) is 0 Å². The molecule has 3 nitrogen and oxygen atoms in total. The summed E-state index contributed by atoms with van der Waals surface area (Å²) in [5.74, 6) is 0. The molecular weight excluding hydrogens is 246 g/mol. The Morgan fingerprint density at radius 2 is 2.05 bits per heavy atom. The highest BCUT2D eigenvalue weighted by Gasteiger charge is 2.33. The molecule has 0 atom stereocenters. The van der Waals surface area contributed by atoms with Crippen LogP contribution in [0, 0.1) is 6.92 Å². The van der Waals surface area contributed by atoms with Crippen LogP contribution in [0.15, 0.2) is 12.3 Å². The van der Waals surface area contributed by atoms with E-state index in [0.29, 0.717) is 0 Å². The molecule has 1 saturated heterocycles. The lowest BCUT2D eigenvalue weighted by atomic mass is 10.0. The van der Waals surface area contributed by atoms with Gasteiger partial charge in [0.2, 0.25) is 0 Å². The van der Waals surface area contributed by atoms with Crippen LogP contribution in [-0.2, 0) is 6.54 Å². The molecule has 0 bridgehead atoms. The average Bonchev–Trinajstić information content (AvgIpc) is 2.66. The second-order valence-electron chi connectivity index (χ2n) is 7.63. The van der Waals surface area contributed by atoms with E-state index in [1.54, 1.807) is 0 Å². The summed E-state index contributed by atoms with van der Waals surface area (Å²) in [5, 5.41) is 3.58. The highest BCUT2D eigenvalue weighted by atomic mass is 15.2. The Balaban J connectivity index is 2.29. The maximum Gasteiger partial charge on any atom is 0.0450 e. The Morgan fingerprint density at radius 3 is 2.60 bits per heavy atom. The zero-order valence-electron chi connectivity index (χ0n) is 13.9. The van der Waals surface area contributed by atoms with Crippen LogP contribution in [0.4, 0.5) is 5.69 Å². The van der Waals surface area contributed by atoms with Crippen LogP contribution in [-0.4, -0.2) is 22.6 Å². The monoisotopic (exact) mass is 275 g/mol. The molecule has 0 radical (unpaired) electrons. The van der Waals surface area contributed by atoms with Crippen molar-refractivity contribution in [3.63, 3.8) is 0 Å². The average molecular weight is 275 g/mol. The summed E-state index contributed by atoms with van der Waals surface area (Å²) in [7, 11) is 0. The van der Waals surface area contributed by atoms with E-state index in [9.17, 15) is 0 Å². The molecule has 1 N–H and O–H groups in total. The fourth-order valence-electron chi connectivity index (χ4n) is 2.88.